The van der Waals surface area contributed by atoms with E-state index in [1.54, 1.807) is 0 Å². The van der Waals surface area contributed by atoms with Gasteiger partial charge in [0.15, 0.2) is 0 Å². The Morgan fingerprint density at radius 3 is 2.50 bits per heavy atom. The zero-order valence-corrected chi connectivity index (χ0v) is 11.8. The molecule has 0 aromatic carbocycles. The highest BCUT2D eigenvalue weighted by atomic mass is 16.2. The first-order chi connectivity index (χ1) is 8.56. The van der Waals surface area contributed by atoms with Crippen molar-refractivity contribution in [2.24, 2.45) is 11.7 Å². The maximum Gasteiger partial charge on any atom is 0.222 e. The molecular formula is C14H27N3O. The monoisotopic (exact) mass is 253 g/mol. The molecular weight excluding hydrogens is 226 g/mol. The second-order valence-electron chi connectivity index (χ2n) is 6.25. The molecule has 1 unspecified atom stereocenters. The average molecular weight is 253 g/mol. The van der Waals surface area contributed by atoms with Crippen LogP contribution in [0.1, 0.15) is 39.5 Å². The lowest BCUT2D eigenvalue weighted by molar-refractivity contribution is -0.131. The van der Waals surface area contributed by atoms with Crippen molar-refractivity contribution in [3.05, 3.63) is 0 Å². The minimum absolute atomic E-state index is 0.334. The summed E-state index contributed by atoms with van der Waals surface area (Å²) >= 11 is 0. The lowest BCUT2D eigenvalue weighted by Crippen LogP contribution is -2.46. The molecule has 0 saturated carbocycles. The van der Waals surface area contributed by atoms with Gasteiger partial charge in [-0.3, -0.25) is 9.69 Å². The van der Waals surface area contributed by atoms with Crippen LogP contribution in [0.15, 0.2) is 0 Å². The van der Waals surface area contributed by atoms with Crippen molar-refractivity contribution in [1.29, 1.82) is 0 Å². The Hall–Kier alpha value is -0.610. The number of piperidine rings is 1. The van der Waals surface area contributed by atoms with Crippen LogP contribution in [-0.4, -0.2) is 54.0 Å². The Morgan fingerprint density at radius 2 is 1.89 bits per heavy atom. The Labute approximate surface area is 110 Å². The van der Waals surface area contributed by atoms with Crippen LogP contribution in [0.25, 0.3) is 0 Å². The van der Waals surface area contributed by atoms with E-state index in [2.05, 4.69) is 23.6 Å². The van der Waals surface area contributed by atoms with Gasteiger partial charge in [-0.2, -0.15) is 0 Å². The first-order valence-corrected chi connectivity index (χ1v) is 7.33. The molecule has 2 aliphatic heterocycles. The van der Waals surface area contributed by atoms with Gasteiger partial charge < -0.3 is 10.6 Å². The minimum Gasteiger partial charge on any atom is -0.341 e. The molecule has 0 radical (unpaired) electrons. The molecule has 1 atom stereocenters. The Balaban J connectivity index is 1.79. The van der Waals surface area contributed by atoms with Gasteiger partial charge in [0.1, 0.15) is 0 Å². The van der Waals surface area contributed by atoms with Crippen molar-refractivity contribution in [2.75, 3.05) is 26.2 Å². The predicted molar refractivity (Wildman–Crippen MR) is 73.2 cm³/mol. The van der Waals surface area contributed by atoms with Crippen LogP contribution in [0, 0.1) is 5.92 Å². The topological polar surface area (TPSA) is 49.6 Å². The molecule has 4 nitrogen and oxygen atoms in total. The Kier molecular flexibility index (Phi) is 4.62. The highest BCUT2D eigenvalue weighted by Crippen LogP contribution is 2.21. The number of carbonyl (C=O) groups is 1. The smallest absolute Gasteiger partial charge is 0.222 e. The van der Waals surface area contributed by atoms with Gasteiger partial charge in [-0.25, -0.2) is 0 Å². The van der Waals surface area contributed by atoms with Gasteiger partial charge in [0.05, 0.1) is 0 Å². The van der Waals surface area contributed by atoms with Gasteiger partial charge >= 0.3 is 0 Å². The van der Waals surface area contributed by atoms with Gasteiger partial charge in [-0.05, 0) is 38.3 Å². The fourth-order valence-corrected chi connectivity index (χ4v) is 3.03. The molecule has 4 heteroatoms. The summed E-state index contributed by atoms with van der Waals surface area (Å²) in [5, 5.41) is 0. The fourth-order valence-electron chi connectivity index (χ4n) is 3.03. The summed E-state index contributed by atoms with van der Waals surface area (Å²) in [6.45, 7) is 8.31. The molecule has 0 aliphatic carbocycles. The van der Waals surface area contributed by atoms with Crippen molar-refractivity contribution >= 4 is 5.91 Å². The third kappa shape index (κ3) is 3.45. The summed E-state index contributed by atoms with van der Waals surface area (Å²) in [7, 11) is 0. The number of amides is 1. The Morgan fingerprint density at radius 1 is 1.22 bits per heavy atom. The summed E-state index contributed by atoms with van der Waals surface area (Å²) < 4.78 is 0. The summed E-state index contributed by atoms with van der Waals surface area (Å²) in [6.07, 6.45) is 4.05. The fraction of sp³-hybridized carbons (Fsp3) is 0.929. The van der Waals surface area contributed by atoms with Crippen molar-refractivity contribution < 1.29 is 4.79 Å². The molecule has 2 heterocycles. The molecule has 0 bridgehead atoms. The predicted octanol–water partition coefficient (Wildman–Crippen LogP) is 1.06. The molecule has 104 valence electrons. The number of hydrogen-bond donors (Lipinski definition) is 1. The van der Waals surface area contributed by atoms with Crippen LogP contribution in [0.5, 0.6) is 0 Å². The van der Waals surface area contributed by atoms with Gasteiger partial charge in [-0.15, -0.1) is 0 Å². The molecule has 0 aromatic heterocycles. The first kappa shape index (κ1) is 13.8. The number of nitrogens with two attached hydrogens (primary N) is 1. The molecule has 2 saturated heterocycles. The SMILES string of the molecule is CC(C)CC(=O)N1CCC(N2CCC(N)CC2)C1. The second-order valence-corrected chi connectivity index (χ2v) is 6.25. The summed E-state index contributed by atoms with van der Waals surface area (Å²) in [6, 6.07) is 0.968. The number of likely N-dealkylation sites (tertiary alicyclic amines) is 2. The summed E-state index contributed by atoms with van der Waals surface area (Å²) in [5.74, 6) is 0.797. The molecule has 2 rings (SSSR count). The molecule has 2 N–H and O–H groups in total. The van der Waals surface area contributed by atoms with E-state index < -0.39 is 0 Å². The van der Waals surface area contributed by atoms with E-state index in [4.69, 9.17) is 5.73 Å². The van der Waals surface area contributed by atoms with Crippen molar-refractivity contribution in [2.45, 2.75) is 51.6 Å². The van der Waals surface area contributed by atoms with E-state index in [0.717, 1.165) is 45.4 Å². The largest absolute Gasteiger partial charge is 0.341 e. The van der Waals surface area contributed by atoms with Gasteiger partial charge in [0, 0.05) is 31.6 Å². The van der Waals surface area contributed by atoms with Crippen LogP contribution in [0.3, 0.4) is 0 Å². The molecule has 2 aliphatic rings. The van der Waals surface area contributed by atoms with E-state index in [1.807, 2.05) is 0 Å². The van der Waals surface area contributed by atoms with E-state index >= 15 is 0 Å². The van der Waals surface area contributed by atoms with Crippen molar-refractivity contribution in [3.8, 4) is 0 Å². The first-order valence-electron chi connectivity index (χ1n) is 7.33. The second kappa shape index (κ2) is 6.02. The van der Waals surface area contributed by atoms with Crippen molar-refractivity contribution in [3.63, 3.8) is 0 Å². The van der Waals surface area contributed by atoms with Crippen LogP contribution in [0.2, 0.25) is 0 Å². The van der Waals surface area contributed by atoms with E-state index in [9.17, 15) is 4.79 Å². The average Bonchev–Trinajstić information content (AvgIpc) is 2.78. The van der Waals surface area contributed by atoms with E-state index in [0.29, 0.717) is 30.3 Å². The standard InChI is InChI=1S/C14H27N3O/c1-11(2)9-14(18)17-8-5-13(10-17)16-6-3-12(15)4-7-16/h11-13H,3-10,15H2,1-2H3. The maximum absolute atomic E-state index is 12.0. The van der Waals surface area contributed by atoms with E-state index in [1.165, 1.54) is 0 Å². The quantitative estimate of drug-likeness (QED) is 0.818. The van der Waals surface area contributed by atoms with Gasteiger partial charge in [0.2, 0.25) is 5.91 Å². The zero-order valence-electron chi connectivity index (χ0n) is 11.8. The number of nitrogens with zero attached hydrogens (tertiary/aromatic N) is 2. The highest BCUT2D eigenvalue weighted by Gasteiger charge is 2.31. The van der Waals surface area contributed by atoms with Crippen LogP contribution in [-0.2, 0) is 4.79 Å². The minimum atomic E-state index is 0.334. The Bertz CT molecular complexity index is 285. The normalized spacial score (nSPS) is 27.1. The van der Waals surface area contributed by atoms with Crippen LogP contribution < -0.4 is 5.73 Å². The summed E-state index contributed by atoms with van der Waals surface area (Å²) in [4.78, 5) is 16.6. The van der Waals surface area contributed by atoms with Gasteiger partial charge in [0.25, 0.3) is 0 Å². The number of rotatable bonds is 3. The highest BCUT2D eigenvalue weighted by molar-refractivity contribution is 5.76. The zero-order chi connectivity index (χ0) is 13.1. The number of carbonyl (C=O) groups excluding carboxylic acids is 1. The molecule has 2 fully saturated rings. The molecule has 1 amide bonds. The summed E-state index contributed by atoms with van der Waals surface area (Å²) in [5.41, 5.74) is 5.93. The van der Waals surface area contributed by atoms with Gasteiger partial charge in [-0.1, -0.05) is 13.8 Å². The van der Waals surface area contributed by atoms with Crippen LogP contribution >= 0.6 is 0 Å². The molecule has 18 heavy (non-hydrogen) atoms. The van der Waals surface area contributed by atoms with Crippen LogP contribution in [0.4, 0.5) is 0 Å². The van der Waals surface area contributed by atoms with E-state index in [-0.39, 0.29) is 0 Å². The van der Waals surface area contributed by atoms with Crippen molar-refractivity contribution in [1.82, 2.24) is 9.80 Å². The molecule has 0 spiro atoms. The third-order valence-corrected chi connectivity index (χ3v) is 4.19. The molecule has 0 aromatic rings. The number of hydrogen-bond acceptors (Lipinski definition) is 3. The lowest BCUT2D eigenvalue weighted by atomic mass is 10.0. The lowest BCUT2D eigenvalue weighted by Gasteiger charge is -2.34. The third-order valence-electron chi connectivity index (χ3n) is 4.19. The maximum atomic E-state index is 12.0.